The highest BCUT2D eigenvalue weighted by Crippen LogP contribution is 2.10. The molecule has 0 spiro atoms. The van der Waals surface area contributed by atoms with E-state index in [4.69, 9.17) is 0 Å². The summed E-state index contributed by atoms with van der Waals surface area (Å²) in [6.07, 6.45) is 9.32. The minimum Gasteiger partial charge on any atom is -0.468 e. The van der Waals surface area contributed by atoms with E-state index in [2.05, 4.69) is 11.7 Å². The number of ether oxygens (including phenoxy) is 1. The Morgan fingerprint density at radius 3 is 2.27 bits per heavy atom. The van der Waals surface area contributed by atoms with Gasteiger partial charge >= 0.3 is 5.97 Å². The van der Waals surface area contributed by atoms with Crippen molar-refractivity contribution in [2.45, 2.75) is 51.9 Å². The molecule has 3 heteroatoms. The Morgan fingerprint density at radius 2 is 1.67 bits per heavy atom. The molecule has 0 aromatic rings. The van der Waals surface area contributed by atoms with Crippen LogP contribution in [0, 0.1) is 0 Å². The summed E-state index contributed by atoms with van der Waals surface area (Å²) >= 11 is 1.68. The average Bonchev–Trinajstić information content (AvgIpc) is 2.26. The molecule has 0 heterocycles. The standard InChI is InChI=1S/C12H24O2S/c1-3-4-5-6-7-8-9-10-15-11-12(13)14-2/h3-11H2,1-2H3. The maximum absolute atomic E-state index is 10.8. The van der Waals surface area contributed by atoms with Crippen molar-refractivity contribution in [1.82, 2.24) is 0 Å². The molecule has 0 rings (SSSR count). The van der Waals surface area contributed by atoms with Crippen molar-refractivity contribution in [2.75, 3.05) is 18.6 Å². The molecule has 0 saturated carbocycles. The number of methoxy groups -OCH3 is 1. The van der Waals surface area contributed by atoms with Gasteiger partial charge in [0.15, 0.2) is 0 Å². The van der Waals surface area contributed by atoms with E-state index in [1.54, 1.807) is 11.8 Å². The molecule has 0 amide bonds. The van der Waals surface area contributed by atoms with Crippen LogP contribution in [0.4, 0.5) is 0 Å². The molecule has 90 valence electrons. The van der Waals surface area contributed by atoms with Crippen LogP contribution >= 0.6 is 11.8 Å². The van der Waals surface area contributed by atoms with Crippen LogP contribution in [0.3, 0.4) is 0 Å². The van der Waals surface area contributed by atoms with E-state index in [0.29, 0.717) is 5.75 Å². The van der Waals surface area contributed by atoms with E-state index < -0.39 is 0 Å². The molecule has 0 aliphatic heterocycles. The third kappa shape index (κ3) is 11.7. The molecule has 0 aliphatic carbocycles. The van der Waals surface area contributed by atoms with E-state index in [-0.39, 0.29) is 5.97 Å². The summed E-state index contributed by atoms with van der Waals surface area (Å²) in [7, 11) is 1.44. The Hall–Kier alpha value is -0.180. The highest BCUT2D eigenvalue weighted by Gasteiger charge is 1.98. The predicted octanol–water partition coefficient (Wildman–Crippen LogP) is 3.64. The number of thioether (sulfide) groups is 1. The molecule has 2 nitrogen and oxygen atoms in total. The Labute approximate surface area is 98.2 Å². The van der Waals surface area contributed by atoms with Gasteiger partial charge in [-0.2, -0.15) is 11.8 Å². The second-order valence-corrected chi connectivity index (χ2v) is 4.86. The Bertz CT molecular complexity index is 149. The fourth-order valence-electron chi connectivity index (χ4n) is 1.38. The van der Waals surface area contributed by atoms with Gasteiger partial charge in [0.05, 0.1) is 12.9 Å². The fraction of sp³-hybridized carbons (Fsp3) is 0.917. The third-order valence-corrected chi connectivity index (χ3v) is 3.36. The van der Waals surface area contributed by atoms with Crippen molar-refractivity contribution >= 4 is 17.7 Å². The van der Waals surface area contributed by atoms with Gasteiger partial charge in [-0.1, -0.05) is 45.4 Å². The molecule has 0 aromatic carbocycles. The van der Waals surface area contributed by atoms with Crippen LogP contribution in [-0.2, 0) is 9.53 Å². The van der Waals surface area contributed by atoms with Crippen molar-refractivity contribution in [3.05, 3.63) is 0 Å². The normalized spacial score (nSPS) is 10.3. The fourth-order valence-corrected chi connectivity index (χ4v) is 2.21. The molecular formula is C12H24O2S. The first-order chi connectivity index (χ1) is 7.31. The predicted molar refractivity (Wildman–Crippen MR) is 67.3 cm³/mol. The summed E-state index contributed by atoms with van der Waals surface area (Å²) in [4.78, 5) is 10.8. The van der Waals surface area contributed by atoms with Gasteiger partial charge in [-0.05, 0) is 12.2 Å². The quantitative estimate of drug-likeness (QED) is 0.425. The molecule has 0 aliphatic rings. The number of rotatable bonds is 10. The third-order valence-electron chi connectivity index (χ3n) is 2.34. The Kier molecular flexibility index (Phi) is 11.7. The van der Waals surface area contributed by atoms with Crippen molar-refractivity contribution in [3.8, 4) is 0 Å². The zero-order chi connectivity index (χ0) is 11.4. The van der Waals surface area contributed by atoms with Crippen molar-refractivity contribution in [3.63, 3.8) is 0 Å². The van der Waals surface area contributed by atoms with Gasteiger partial charge in [0.25, 0.3) is 0 Å². The minimum atomic E-state index is -0.108. The zero-order valence-corrected chi connectivity index (χ0v) is 10.9. The number of carbonyl (C=O) groups is 1. The molecule has 0 fully saturated rings. The van der Waals surface area contributed by atoms with Gasteiger partial charge in [-0.3, -0.25) is 4.79 Å². The highest BCUT2D eigenvalue weighted by atomic mass is 32.2. The molecule has 0 bridgehead atoms. The lowest BCUT2D eigenvalue weighted by Gasteiger charge is -2.01. The van der Waals surface area contributed by atoms with Gasteiger partial charge in [0, 0.05) is 0 Å². The first-order valence-electron chi connectivity index (χ1n) is 5.95. The van der Waals surface area contributed by atoms with Crippen LogP contribution < -0.4 is 0 Å². The van der Waals surface area contributed by atoms with Gasteiger partial charge < -0.3 is 4.74 Å². The monoisotopic (exact) mass is 232 g/mol. The van der Waals surface area contributed by atoms with Crippen LogP contribution in [0.15, 0.2) is 0 Å². The second-order valence-electron chi connectivity index (χ2n) is 3.75. The van der Waals surface area contributed by atoms with Crippen LogP contribution in [0.5, 0.6) is 0 Å². The van der Waals surface area contributed by atoms with E-state index in [1.807, 2.05) is 0 Å². The Balaban J connectivity index is 2.95. The molecule has 0 N–H and O–H groups in total. The van der Waals surface area contributed by atoms with E-state index in [0.717, 1.165) is 5.75 Å². The van der Waals surface area contributed by atoms with Crippen LogP contribution in [0.2, 0.25) is 0 Å². The SMILES string of the molecule is CCCCCCCCCSCC(=O)OC. The maximum Gasteiger partial charge on any atom is 0.315 e. The van der Waals surface area contributed by atoms with Gasteiger partial charge in [-0.15, -0.1) is 0 Å². The number of unbranched alkanes of at least 4 members (excludes halogenated alkanes) is 6. The minimum absolute atomic E-state index is 0.108. The molecule has 0 saturated heterocycles. The zero-order valence-electron chi connectivity index (χ0n) is 10.1. The molecule has 0 aromatic heterocycles. The summed E-state index contributed by atoms with van der Waals surface area (Å²) in [6, 6.07) is 0. The number of carbonyl (C=O) groups excluding carboxylic acids is 1. The largest absolute Gasteiger partial charge is 0.468 e. The van der Waals surface area contributed by atoms with E-state index >= 15 is 0 Å². The first-order valence-corrected chi connectivity index (χ1v) is 7.11. The Morgan fingerprint density at radius 1 is 1.07 bits per heavy atom. The van der Waals surface area contributed by atoms with Gasteiger partial charge in [0.1, 0.15) is 0 Å². The van der Waals surface area contributed by atoms with Crippen molar-refractivity contribution in [1.29, 1.82) is 0 Å². The molecule has 0 radical (unpaired) electrons. The van der Waals surface area contributed by atoms with E-state index in [1.165, 1.54) is 52.1 Å². The topological polar surface area (TPSA) is 26.3 Å². The summed E-state index contributed by atoms with van der Waals surface area (Å²) in [5.74, 6) is 1.48. The summed E-state index contributed by atoms with van der Waals surface area (Å²) in [5.41, 5.74) is 0. The lowest BCUT2D eigenvalue weighted by molar-refractivity contribution is -0.137. The highest BCUT2D eigenvalue weighted by molar-refractivity contribution is 7.99. The second kappa shape index (κ2) is 11.9. The lowest BCUT2D eigenvalue weighted by atomic mass is 10.1. The molecule has 15 heavy (non-hydrogen) atoms. The van der Waals surface area contributed by atoms with Crippen molar-refractivity contribution in [2.24, 2.45) is 0 Å². The summed E-state index contributed by atoms with van der Waals surface area (Å²) in [5, 5.41) is 0. The summed E-state index contributed by atoms with van der Waals surface area (Å²) in [6.45, 7) is 2.24. The summed E-state index contributed by atoms with van der Waals surface area (Å²) < 4.78 is 4.56. The average molecular weight is 232 g/mol. The van der Waals surface area contributed by atoms with E-state index in [9.17, 15) is 4.79 Å². The van der Waals surface area contributed by atoms with Crippen LogP contribution in [-0.4, -0.2) is 24.6 Å². The van der Waals surface area contributed by atoms with Crippen LogP contribution in [0.25, 0.3) is 0 Å². The van der Waals surface area contributed by atoms with Gasteiger partial charge in [0.2, 0.25) is 0 Å². The van der Waals surface area contributed by atoms with Crippen molar-refractivity contribution < 1.29 is 9.53 Å². The van der Waals surface area contributed by atoms with Gasteiger partial charge in [-0.25, -0.2) is 0 Å². The van der Waals surface area contributed by atoms with Crippen LogP contribution in [0.1, 0.15) is 51.9 Å². The first kappa shape index (κ1) is 14.8. The maximum atomic E-state index is 10.8. The smallest absolute Gasteiger partial charge is 0.315 e. The number of esters is 1. The molecular weight excluding hydrogens is 208 g/mol. The number of hydrogen-bond acceptors (Lipinski definition) is 3. The lowest BCUT2D eigenvalue weighted by Crippen LogP contribution is -2.03. The molecule has 0 atom stereocenters. The molecule has 0 unspecified atom stereocenters. The number of hydrogen-bond donors (Lipinski definition) is 0.